The molecule has 8 aromatic rings. The smallest absolute Gasteiger partial charge is 1.00 e. The van der Waals surface area contributed by atoms with Crippen molar-refractivity contribution in [1.82, 2.24) is 65.6 Å². The van der Waals surface area contributed by atoms with Crippen LogP contribution in [0, 0.1) is 0 Å². The third kappa shape index (κ3) is 35.2. The van der Waals surface area contributed by atoms with Crippen LogP contribution < -0.4 is 85.7 Å². The first kappa shape index (κ1) is 67.8. The van der Waals surface area contributed by atoms with Crippen LogP contribution in [0.15, 0.2) is 103 Å². The molecule has 8 aromatic heterocycles. The van der Waals surface area contributed by atoms with Gasteiger partial charge in [-0.05, 0) is 140 Å². The van der Waals surface area contributed by atoms with Crippen molar-refractivity contribution in [2.75, 3.05) is 76.2 Å². The maximum Gasteiger partial charge on any atom is 1.00 e. The van der Waals surface area contributed by atoms with Crippen LogP contribution in [0.25, 0.3) is 5.13 Å². The minimum Gasteiger partial charge on any atom is -1.00 e. The summed E-state index contributed by atoms with van der Waals surface area (Å²) in [6.07, 6.45) is 18.6. The fraction of sp³-hybridized carbons (Fsp3) is 0.343. The number of rotatable bonds is 2. The molecule has 3 fully saturated rings. The van der Waals surface area contributed by atoms with Gasteiger partial charge in [0.05, 0.1) is 55.4 Å². The van der Waals surface area contributed by atoms with Crippen molar-refractivity contribution in [3.63, 3.8) is 0 Å². The van der Waals surface area contributed by atoms with Crippen molar-refractivity contribution >= 4 is 217 Å². The Kier molecular flexibility index (Phi) is 43.9. The summed E-state index contributed by atoms with van der Waals surface area (Å²) < 4.78 is 14.9. The Bertz CT molecular complexity index is 2150. The van der Waals surface area contributed by atoms with Crippen LogP contribution in [0.2, 0.25) is 0 Å². The van der Waals surface area contributed by atoms with Crippen LogP contribution in [0.4, 0.5) is 10.3 Å². The van der Waals surface area contributed by atoms with Crippen molar-refractivity contribution in [1.29, 1.82) is 0 Å². The van der Waals surface area contributed by atoms with E-state index < -0.39 is 0 Å². The fourth-order valence-electron chi connectivity index (χ4n) is 4.16. The fourth-order valence-corrected chi connectivity index (χ4v) is 13.8. The Labute approximate surface area is 538 Å². The van der Waals surface area contributed by atoms with Crippen molar-refractivity contribution < 1.29 is 66.7 Å². The van der Waals surface area contributed by atoms with Crippen molar-refractivity contribution in [3.8, 4) is 5.13 Å². The van der Waals surface area contributed by atoms with Gasteiger partial charge >= 0.3 is 59.1 Å². The monoisotopic (exact) mass is 1590 g/mol. The molecule has 3 aliphatic rings. The minimum absolute atomic E-state index is 0. The predicted molar refractivity (Wildman–Crippen MR) is 309 cm³/mol. The van der Waals surface area contributed by atoms with Crippen LogP contribution in [0.5, 0.6) is 0 Å². The molecule has 364 valence electrons. The quantitative estimate of drug-likeness (QED) is 0.131. The van der Waals surface area contributed by atoms with Crippen LogP contribution in [0.3, 0.4) is 0 Å². The van der Waals surface area contributed by atoms with E-state index in [1.807, 2.05) is 22.3 Å². The number of nitrogens with one attached hydrogen (secondary N) is 3. The number of imidazole rings is 1. The van der Waals surface area contributed by atoms with E-state index in [2.05, 4.69) is 193 Å². The largest absolute Gasteiger partial charge is 1.00 e. The number of nitrogen functional groups attached to an aromatic ring is 1. The topological polar surface area (TPSA) is 196 Å². The van der Waals surface area contributed by atoms with Gasteiger partial charge in [0.1, 0.15) is 11.8 Å². The molecule has 5 N–H and O–H groups in total. The first-order chi connectivity index (χ1) is 32.0. The molecule has 3 saturated heterocycles. The summed E-state index contributed by atoms with van der Waals surface area (Å²) in [6.45, 7) is 10.8. The average molecular weight is 1600 g/mol. The molecule has 0 spiro atoms. The normalized spacial score (nSPS) is 13.0. The van der Waals surface area contributed by atoms with Gasteiger partial charge in [-0.3, -0.25) is 9.55 Å². The summed E-state index contributed by atoms with van der Waals surface area (Å²) >= 11 is 37.1. The molecule has 3 aliphatic heterocycles. The van der Waals surface area contributed by atoms with Gasteiger partial charge in [0.15, 0.2) is 22.0 Å². The summed E-state index contributed by atoms with van der Waals surface area (Å²) in [7, 11) is 0. The maximum absolute atomic E-state index is 5.12. The zero-order chi connectivity index (χ0) is 47.6. The predicted octanol–water partition coefficient (Wildman–Crippen LogP) is 6.88. The molecular weight excluding hydrogens is 1560 g/mol. The van der Waals surface area contributed by atoms with Crippen molar-refractivity contribution in [2.24, 2.45) is 0 Å². The van der Waals surface area contributed by atoms with E-state index in [9.17, 15) is 0 Å². The zero-order valence-corrected chi connectivity index (χ0v) is 58.6. The van der Waals surface area contributed by atoms with E-state index in [-0.39, 0.29) is 62.0 Å². The maximum atomic E-state index is 5.12. The van der Waals surface area contributed by atoms with Gasteiger partial charge in [-0.25, -0.2) is 29.9 Å². The molecule has 68 heavy (non-hydrogen) atoms. The molecule has 11 heterocycles. The van der Waals surface area contributed by atoms with Gasteiger partial charge in [-0.2, -0.15) is 0 Å². The van der Waals surface area contributed by atoms with Crippen LogP contribution >= 0.6 is 207 Å². The molecular formula is C35H43Br8N15Na2OS7. The third-order valence-electron chi connectivity index (χ3n) is 6.90. The van der Waals surface area contributed by atoms with Gasteiger partial charge in [-0.15, -0.1) is 55.5 Å². The molecule has 0 unspecified atom stereocenters. The molecule has 0 radical (unpaired) electrons. The number of halogens is 8. The zero-order valence-electron chi connectivity index (χ0n) is 38.2. The standard InChI is InChI=1S/C7H10BrN3S.C6H4BrN3S.C4H10N2.C4H8O.3C3HBr2NS.C3H3NS.C2H3N3S.2Na.2H/c8-6-5-10-7(12-6)11-3-1-9-2-4-11;7-5-3-9-6(11-5)10-2-1-8-4-10;1-2-6-4-3-5-1;1-2-4-5-3-1;3*4-2-1-6-3(5)7-2;1-2-5-3-4-1;3-2-5-4-1-6-2;;;;/h5,9H,1-4H2;1-4H;5-6H,1-4H2;1-4H2;3*1H;1-3H;1H,(H2,3,5);;;;/q;;;;;;;;;2*+1;2*-1. The summed E-state index contributed by atoms with van der Waals surface area (Å²) in [6, 6.07) is 0. The summed E-state index contributed by atoms with van der Waals surface area (Å²) in [4.78, 5) is 30.1. The molecule has 33 heteroatoms. The van der Waals surface area contributed by atoms with Crippen LogP contribution in [-0.4, -0.2) is 115 Å². The van der Waals surface area contributed by atoms with E-state index in [1.165, 1.54) is 24.2 Å². The number of anilines is 2. The number of piperazine rings is 2. The van der Waals surface area contributed by atoms with E-state index >= 15 is 0 Å². The first-order valence-corrected chi connectivity index (χ1v) is 31.0. The number of hydrogen-bond donors (Lipinski definition) is 4. The molecule has 0 aromatic carbocycles. The molecule has 0 atom stereocenters. The van der Waals surface area contributed by atoms with Gasteiger partial charge < -0.3 is 34.2 Å². The third-order valence-corrected chi connectivity index (χ3v) is 16.8. The SMILES string of the molecule is Brc1cnc(-n2ccnc2)s1.Brc1cnc(Br)s1.Brc1cnc(Br)s1.Brc1cnc(Br)s1.Brc1cnc(N2CCNCC2)s1.C1CCOC1.C1CNCCN1.Nc1nncs1.[H-].[H-].[Na+].[Na+].c1cscn1. The average Bonchev–Trinajstić information content (AvgIpc) is 4.17. The van der Waals surface area contributed by atoms with E-state index in [0.717, 1.165) is 107 Å². The Hall–Kier alpha value is 1.83. The number of nitrogens with two attached hydrogens (primary N) is 1. The van der Waals surface area contributed by atoms with E-state index in [4.69, 9.17) is 10.5 Å². The van der Waals surface area contributed by atoms with Crippen molar-refractivity contribution in [3.05, 3.63) is 103 Å². The number of hydrogen-bond acceptors (Lipinski definition) is 22. The number of nitrogens with zero attached hydrogens (tertiary/aromatic N) is 11. The van der Waals surface area contributed by atoms with Gasteiger partial charge in [0.2, 0.25) is 5.13 Å². The second-order valence-electron chi connectivity index (χ2n) is 11.6. The molecule has 16 nitrogen and oxygen atoms in total. The summed E-state index contributed by atoms with van der Waals surface area (Å²) in [5.74, 6) is 0. The summed E-state index contributed by atoms with van der Waals surface area (Å²) in [5.41, 5.74) is 8.51. The van der Waals surface area contributed by atoms with Gasteiger partial charge in [-0.1, -0.05) is 34.0 Å². The van der Waals surface area contributed by atoms with Gasteiger partial charge in [0.25, 0.3) is 0 Å². The van der Waals surface area contributed by atoms with Crippen LogP contribution in [0.1, 0.15) is 15.7 Å². The Morgan fingerprint density at radius 3 is 1.29 bits per heavy atom. The molecule has 0 amide bonds. The molecule has 11 rings (SSSR count). The minimum atomic E-state index is 0. The van der Waals surface area contributed by atoms with Gasteiger partial charge in [0, 0.05) is 89.5 Å². The Balaban J connectivity index is 0. The Morgan fingerprint density at radius 1 is 0.574 bits per heavy atom. The number of aromatic nitrogens is 10. The number of thiazole rings is 6. The molecule has 0 bridgehead atoms. The van der Waals surface area contributed by atoms with E-state index in [1.54, 1.807) is 123 Å². The summed E-state index contributed by atoms with van der Waals surface area (Å²) in [5, 5.41) is 21.2. The van der Waals surface area contributed by atoms with Crippen LogP contribution in [-0.2, 0) is 4.74 Å². The van der Waals surface area contributed by atoms with E-state index in [0.29, 0.717) is 5.13 Å². The first-order valence-electron chi connectivity index (χ1n) is 18.8. The Morgan fingerprint density at radius 2 is 1.04 bits per heavy atom. The van der Waals surface area contributed by atoms with Crippen molar-refractivity contribution in [2.45, 2.75) is 12.8 Å². The molecule has 0 aliphatic carbocycles. The number of ether oxygens (including phenoxy) is 1. The molecule has 0 saturated carbocycles. The second kappa shape index (κ2) is 44.0. The second-order valence-corrected chi connectivity index (χ2v) is 29.1.